The van der Waals surface area contributed by atoms with Crippen LogP contribution in [-0.4, -0.2) is 34.1 Å². The van der Waals surface area contributed by atoms with Crippen molar-refractivity contribution in [3.63, 3.8) is 0 Å². The van der Waals surface area contributed by atoms with Gasteiger partial charge in [-0.15, -0.1) is 0 Å². The second-order valence-electron chi connectivity index (χ2n) is 5.95. The zero-order valence-electron chi connectivity index (χ0n) is 13.5. The quantitative estimate of drug-likeness (QED) is 0.793. The molecule has 4 nitrogen and oxygen atoms in total. The molecule has 0 bridgehead atoms. The third-order valence-corrected chi connectivity index (χ3v) is 5.00. The summed E-state index contributed by atoms with van der Waals surface area (Å²) >= 11 is 2.09. The highest BCUT2D eigenvalue weighted by molar-refractivity contribution is 7.99. The lowest BCUT2D eigenvalue weighted by molar-refractivity contribution is 0.676. The molecule has 1 unspecified atom stereocenters. The maximum atomic E-state index is 4.65. The molecule has 2 N–H and O–H groups in total. The van der Waals surface area contributed by atoms with E-state index in [-0.39, 0.29) is 0 Å². The van der Waals surface area contributed by atoms with Crippen molar-refractivity contribution in [3.05, 3.63) is 11.9 Å². The molecule has 0 aliphatic carbocycles. The summed E-state index contributed by atoms with van der Waals surface area (Å²) < 4.78 is 0. The lowest BCUT2D eigenvalue weighted by Gasteiger charge is -2.22. The molecule has 1 fully saturated rings. The highest BCUT2D eigenvalue weighted by atomic mass is 32.2. The van der Waals surface area contributed by atoms with E-state index in [1.165, 1.54) is 25.0 Å². The van der Waals surface area contributed by atoms with E-state index in [2.05, 4.69) is 53.1 Å². The highest BCUT2D eigenvalue weighted by Crippen LogP contribution is 2.25. The molecule has 2 rings (SSSR count). The molecule has 0 amide bonds. The van der Waals surface area contributed by atoms with Crippen LogP contribution in [0.1, 0.15) is 58.2 Å². The van der Waals surface area contributed by atoms with Crippen LogP contribution in [0.3, 0.4) is 0 Å². The molecule has 1 aromatic heterocycles. The number of nitrogens with zero attached hydrogens (tertiary/aromatic N) is 2. The molecule has 2 heterocycles. The summed E-state index contributed by atoms with van der Waals surface area (Å²) in [6, 6.07) is 2.04. The summed E-state index contributed by atoms with van der Waals surface area (Å²) in [4.78, 5) is 9.25. The molecule has 118 valence electrons. The third kappa shape index (κ3) is 5.38. The normalized spacial score (nSPS) is 18.8. The van der Waals surface area contributed by atoms with Gasteiger partial charge >= 0.3 is 0 Å². The van der Waals surface area contributed by atoms with Gasteiger partial charge in [-0.1, -0.05) is 27.2 Å². The van der Waals surface area contributed by atoms with Crippen LogP contribution in [-0.2, 0) is 0 Å². The largest absolute Gasteiger partial charge is 0.370 e. The van der Waals surface area contributed by atoms with Crippen LogP contribution in [0.25, 0.3) is 0 Å². The van der Waals surface area contributed by atoms with Crippen LogP contribution in [0.5, 0.6) is 0 Å². The van der Waals surface area contributed by atoms with Crippen LogP contribution < -0.4 is 10.6 Å². The minimum Gasteiger partial charge on any atom is -0.370 e. The topological polar surface area (TPSA) is 49.8 Å². The maximum Gasteiger partial charge on any atom is 0.135 e. The van der Waals surface area contributed by atoms with Gasteiger partial charge in [0.25, 0.3) is 0 Å². The van der Waals surface area contributed by atoms with Crippen molar-refractivity contribution >= 4 is 23.4 Å². The standard InChI is InChI=1S/C16H28N4S/c1-4-8-17-14-10-15(20-16(19-14)12(2)3)18-11-13-7-5-6-9-21-13/h10,12-13H,4-9,11H2,1-3H3,(H2,17,18,19,20). The second-order valence-corrected chi connectivity index (χ2v) is 7.36. The Morgan fingerprint density at radius 1 is 1.24 bits per heavy atom. The maximum absolute atomic E-state index is 4.65. The summed E-state index contributed by atoms with van der Waals surface area (Å²) in [6.07, 6.45) is 5.16. The fourth-order valence-electron chi connectivity index (χ4n) is 2.35. The van der Waals surface area contributed by atoms with Gasteiger partial charge in [-0.25, -0.2) is 9.97 Å². The van der Waals surface area contributed by atoms with Crippen molar-refractivity contribution in [2.75, 3.05) is 29.5 Å². The number of aromatic nitrogens is 2. The average molecular weight is 308 g/mol. The van der Waals surface area contributed by atoms with Crippen molar-refractivity contribution in [2.24, 2.45) is 0 Å². The van der Waals surface area contributed by atoms with E-state index in [1.54, 1.807) is 0 Å². The van der Waals surface area contributed by atoms with Gasteiger partial charge in [0.05, 0.1) is 0 Å². The monoisotopic (exact) mass is 308 g/mol. The molecule has 1 aliphatic heterocycles. The lowest BCUT2D eigenvalue weighted by atomic mass is 10.2. The molecule has 0 spiro atoms. The minimum absolute atomic E-state index is 0.345. The van der Waals surface area contributed by atoms with Crippen LogP contribution in [0.2, 0.25) is 0 Å². The fraction of sp³-hybridized carbons (Fsp3) is 0.750. The van der Waals surface area contributed by atoms with Crippen LogP contribution >= 0.6 is 11.8 Å². The third-order valence-electron chi connectivity index (χ3n) is 3.60. The van der Waals surface area contributed by atoms with Gasteiger partial charge < -0.3 is 10.6 Å². The van der Waals surface area contributed by atoms with E-state index in [0.29, 0.717) is 5.92 Å². The first-order valence-corrected chi connectivity index (χ1v) is 9.22. The Hall–Kier alpha value is -0.970. The molecular formula is C16H28N4S. The summed E-state index contributed by atoms with van der Waals surface area (Å²) in [5.41, 5.74) is 0. The lowest BCUT2D eigenvalue weighted by Crippen LogP contribution is -2.21. The van der Waals surface area contributed by atoms with E-state index in [0.717, 1.165) is 42.2 Å². The Morgan fingerprint density at radius 2 is 2.00 bits per heavy atom. The molecule has 0 radical (unpaired) electrons. The van der Waals surface area contributed by atoms with Gasteiger partial charge in [0.2, 0.25) is 0 Å². The molecule has 1 aromatic rings. The molecule has 1 saturated heterocycles. The van der Waals surface area contributed by atoms with E-state index >= 15 is 0 Å². The Balaban J connectivity index is 2.00. The smallest absolute Gasteiger partial charge is 0.135 e. The molecule has 0 aromatic carbocycles. The van der Waals surface area contributed by atoms with Gasteiger partial charge in [0.1, 0.15) is 17.5 Å². The summed E-state index contributed by atoms with van der Waals surface area (Å²) in [5.74, 6) is 4.46. The molecule has 1 aliphatic rings. The van der Waals surface area contributed by atoms with Gasteiger partial charge in [-0.3, -0.25) is 0 Å². The average Bonchev–Trinajstić information content (AvgIpc) is 2.51. The van der Waals surface area contributed by atoms with Gasteiger partial charge in [-0.05, 0) is 25.0 Å². The molecule has 21 heavy (non-hydrogen) atoms. The van der Waals surface area contributed by atoms with Crippen molar-refractivity contribution in [2.45, 2.75) is 57.6 Å². The van der Waals surface area contributed by atoms with Crippen LogP contribution in [0.15, 0.2) is 6.07 Å². The Labute approximate surface area is 132 Å². The van der Waals surface area contributed by atoms with Crippen molar-refractivity contribution in [1.82, 2.24) is 9.97 Å². The molecule has 1 atom stereocenters. The van der Waals surface area contributed by atoms with E-state index < -0.39 is 0 Å². The minimum atomic E-state index is 0.345. The summed E-state index contributed by atoms with van der Waals surface area (Å²) in [7, 11) is 0. The summed E-state index contributed by atoms with van der Waals surface area (Å²) in [5, 5.41) is 7.61. The molecular weight excluding hydrogens is 280 g/mol. The Kier molecular flexibility index (Phi) is 6.61. The van der Waals surface area contributed by atoms with Crippen LogP contribution in [0, 0.1) is 0 Å². The first kappa shape index (κ1) is 16.4. The second kappa shape index (κ2) is 8.47. The Morgan fingerprint density at radius 3 is 2.62 bits per heavy atom. The molecule has 0 saturated carbocycles. The van der Waals surface area contributed by atoms with Gasteiger partial charge in [-0.2, -0.15) is 11.8 Å². The van der Waals surface area contributed by atoms with Crippen molar-refractivity contribution < 1.29 is 0 Å². The number of thioether (sulfide) groups is 1. The zero-order chi connectivity index (χ0) is 15.1. The SMILES string of the molecule is CCCNc1cc(NCC2CCCCS2)nc(C(C)C)n1. The first-order valence-electron chi connectivity index (χ1n) is 8.17. The van der Waals surface area contributed by atoms with Crippen molar-refractivity contribution in [1.29, 1.82) is 0 Å². The molecule has 5 heteroatoms. The number of nitrogens with one attached hydrogen (secondary N) is 2. The number of rotatable bonds is 7. The van der Waals surface area contributed by atoms with E-state index in [4.69, 9.17) is 0 Å². The van der Waals surface area contributed by atoms with Gasteiger partial charge in [0.15, 0.2) is 0 Å². The van der Waals surface area contributed by atoms with Crippen molar-refractivity contribution in [3.8, 4) is 0 Å². The first-order chi connectivity index (χ1) is 10.2. The Bertz CT molecular complexity index is 430. The fourth-order valence-corrected chi connectivity index (χ4v) is 3.58. The number of anilines is 2. The highest BCUT2D eigenvalue weighted by Gasteiger charge is 2.14. The predicted molar refractivity (Wildman–Crippen MR) is 93.5 cm³/mol. The number of hydrogen-bond acceptors (Lipinski definition) is 5. The predicted octanol–water partition coefficient (Wildman–Crippen LogP) is 4.12. The zero-order valence-corrected chi connectivity index (χ0v) is 14.3. The van der Waals surface area contributed by atoms with Crippen LogP contribution in [0.4, 0.5) is 11.6 Å². The van der Waals surface area contributed by atoms with E-state index in [1.807, 2.05) is 6.07 Å². The van der Waals surface area contributed by atoms with Gasteiger partial charge in [0, 0.05) is 30.3 Å². The number of hydrogen-bond donors (Lipinski definition) is 2. The van der Waals surface area contributed by atoms with E-state index in [9.17, 15) is 0 Å². The summed E-state index contributed by atoms with van der Waals surface area (Å²) in [6.45, 7) is 8.40.